The Bertz CT molecular complexity index is 1150. The molecule has 1 amide bonds. The normalized spacial score (nSPS) is 17.2. The number of aromatic nitrogens is 2. The van der Waals surface area contributed by atoms with E-state index in [1.807, 2.05) is 6.07 Å². The van der Waals surface area contributed by atoms with Crippen LogP contribution in [0.4, 0.5) is 4.39 Å². The molecule has 1 N–H and O–H groups in total. The van der Waals surface area contributed by atoms with Crippen LogP contribution in [0.2, 0.25) is 0 Å². The van der Waals surface area contributed by atoms with E-state index in [9.17, 15) is 14.4 Å². The molecule has 2 aromatic rings. The van der Waals surface area contributed by atoms with Crippen molar-refractivity contribution in [1.82, 2.24) is 19.6 Å². The molecule has 0 aliphatic carbocycles. The minimum atomic E-state index is -0.389. The maximum atomic E-state index is 13.6. The molecule has 1 atom stereocenters. The highest BCUT2D eigenvalue weighted by atomic mass is 19.1. The third-order valence-corrected chi connectivity index (χ3v) is 5.06. The van der Waals surface area contributed by atoms with Crippen LogP contribution >= 0.6 is 0 Å². The number of nitrogens with zero attached hydrogens (tertiary/aromatic N) is 6. The van der Waals surface area contributed by atoms with Crippen LogP contribution in [0.25, 0.3) is 5.65 Å². The van der Waals surface area contributed by atoms with E-state index in [1.54, 1.807) is 28.5 Å². The first-order valence-electron chi connectivity index (χ1n) is 9.81. The molecular weight excluding hydrogens is 397 g/mol. The monoisotopic (exact) mass is 419 g/mol. The van der Waals surface area contributed by atoms with Gasteiger partial charge in [0.2, 0.25) is 5.91 Å². The number of fused-ring (bicyclic) bond motifs is 1. The van der Waals surface area contributed by atoms with Crippen molar-refractivity contribution < 1.29 is 9.18 Å². The summed E-state index contributed by atoms with van der Waals surface area (Å²) in [4.78, 5) is 22.2. The topological polar surface area (TPSA) is 110 Å². The predicted octanol–water partition coefficient (Wildman–Crippen LogP) is 2.70. The first kappa shape index (κ1) is 21.7. The van der Waals surface area contributed by atoms with E-state index in [1.165, 1.54) is 18.5 Å². The van der Waals surface area contributed by atoms with Crippen molar-refractivity contribution in [1.29, 1.82) is 10.5 Å². The minimum absolute atomic E-state index is 0.0625. The van der Waals surface area contributed by atoms with Crippen LogP contribution in [0.3, 0.4) is 0 Å². The van der Waals surface area contributed by atoms with E-state index in [-0.39, 0.29) is 29.8 Å². The Hall–Kier alpha value is -3.98. The summed E-state index contributed by atoms with van der Waals surface area (Å²) in [5.74, 6) is -0.583. The van der Waals surface area contributed by atoms with Gasteiger partial charge in [-0.15, -0.1) is 0 Å². The number of likely N-dealkylation sites (tertiary alicyclic amines) is 1. The van der Waals surface area contributed by atoms with Crippen molar-refractivity contribution in [2.24, 2.45) is 4.99 Å². The average molecular weight is 419 g/mol. The van der Waals surface area contributed by atoms with E-state index >= 15 is 0 Å². The molecule has 0 saturated carbocycles. The number of carbonyl (C=O) groups is 1. The SMILES string of the molecule is C=C(NC1CCCN(C(=O)CC#N)C1)/C(C#N)=C\N=C(C)c1cnc2ccc(F)cn12. The number of rotatable bonds is 6. The lowest BCUT2D eigenvalue weighted by molar-refractivity contribution is -0.131. The molecule has 8 nitrogen and oxygen atoms in total. The fourth-order valence-corrected chi connectivity index (χ4v) is 3.45. The number of piperidine rings is 1. The lowest BCUT2D eigenvalue weighted by atomic mass is 10.0. The maximum absolute atomic E-state index is 13.6. The van der Waals surface area contributed by atoms with Crippen LogP contribution < -0.4 is 5.32 Å². The Balaban J connectivity index is 1.71. The quantitative estimate of drug-likeness (QED) is 0.440. The lowest BCUT2D eigenvalue weighted by Gasteiger charge is -2.33. The molecule has 1 unspecified atom stereocenters. The number of aliphatic imine (C=N–C) groups is 1. The van der Waals surface area contributed by atoms with Gasteiger partial charge < -0.3 is 10.2 Å². The zero-order valence-corrected chi connectivity index (χ0v) is 17.2. The fourth-order valence-electron chi connectivity index (χ4n) is 3.45. The molecule has 1 aliphatic heterocycles. The van der Waals surface area contributed by atoms with Gasteiger partial charge in [-0.3, -0.25) is 14.2 Å². The Morgan fingerprint density at radius 2 is 2.29 bits per heavy atom. The van der Waals surface area contributed by atoms with Gasteiger partial charge in [-0.1, -0.05) is 6.58 Å². The summed E-state index contributed by atoms with van der Waals surface area (Å²) in [7, 11) is 0. The summed E-state index contributed by atoms with van der Waals surface area (Å²) in [5.41, 5.74) is 2.42. The van der Waals surface area contributed by atoms with Crippen molar-refractivity contribution in [3.8, 4) is 12.1 Å². The third-order valence-electron chi connectivity index (χ3n) is 5.06. The number of amides is 1. The van der Waals surface area contributed by atoms with Gasteiger partial charge in [-0.05, 0) is 31.9 Å². The van der Waals surface area contributed by atoms with Crippen molar-refractivity contribution in [2.75, 3.05) is 13.1 Å². The molecule has 0 bridgehead atoms. The molecule has 0 aromatic carbocycles. The molecule has 158 valence electrons. The second kappa shape index (κ2) is 9.68. The molecule has 31 heavy (non-hydrogen) atoms. The molecule has 1 saturated heterocycles. The second-order valence-electron chi connectivity index (χ2n) is 7.22. The van der Waals surface area contributed by atoms with Gasteiger partial charge >= 0.3 is 0 Å². The van der Waals surface area contributed by atoms with Crippen molar-refractivity contribution in [3.05, 3.63) is 60.1 Å². The lowest BCUT2D eigenvalue weighted by Crippen LogP contribution is -2.47. The Morgan fingerprint density at radius 1 is 1.48 bits per heavy atom. The highest BCUT2D eigenvalue weighted by Crippen LogP contribution is 2.15. The van der Waals surface area contributed by atoms with Crippen LogP contribution in [-0.4, -0.2) is 45.0 Å². The molecule has 1 aliphatic rings. The zero-order valence-electron chi connectivity index (χ0n) is 17.2. The molecule has 0 radical (unpaired) electrons. The van der Waals surface area contributed by atoms with E-state index < -0.39 is 0 Å². The van der Waals surface area contributed by atoms with Crippen LogP contribution in [0.5, 0.6) is 0 Å². The molecule has 9 heteroatoms. The van der Waals surface area contributed by atoms with E-state index in [2.05, 4.69) is 27.9 Å². The van der Waals surface area contributed by atoms with Crippen molar-refractivity contribution >= 4 is 17.3 Å². The number of carbonyl (C=O) groups excluding carboxylic acids is 1. The van der Waals surface area contributed by atoms with Gasteiger partial charge in [-0.2, -0.15) is 10.5 Å². The molecule has 1 fully saturated rings. The minimum Gasteiger partial charge on any atom is -0.380 e. The highest BCUT2D eigenvalue weighted by Gasteiger charge is 2.24. The summed E-state index contributed by atoms with van der Waals surface area (Å²) >= 11 is 0. The van der Waals surface area contributed by atoms with Crippen LogP contribution in [0, 0.1) is 28.5 Å². The van der Waals surface area contributed by atoms with Crippen molar-refractivity contribution in [2.45, 2.75) is 32.2 Å². The van der Waals surface area contributed by atoms with Crippen LogP contribution in [-0.2, 0) is 4.79 Å². The van der Waals surface area contributed by atoms with E-state index in [0.717, 1.165) is 12.8 Å². The third kappa shape index (κ3) is 5.14. The standard InChI is InChI=1S/C22H22FN7O/c1-15(28-19-4-3-9-29(14-19)22(31)7-8-24)17(10-25)11-26-16(2)20-12-27-21-6-5-18(23)13-30(20)21/h5-6,11-13,19,28H,1,3-4,7,9,14H2,2H3/b17-11-,26-16?. The molecule has 0 spiro atoms. The van der Waals surface area contributed by atoms with Crippen molar-refractivity contribution in [3.63, 3.8) is 0 Å². The van der Waals surface area contributed by atoms with Gasteiger partial charge in [0.15, 0.2) is 0 Å². The van der Waals surface area contributed by atoms with Gasteiger partial charge in [0, 0.05) is 37.2 Å². The highest BCUT2D eigenvalue weighted by molar-refractivity contribution is 5.98. The number of halogens is 1. The number of nitriles is 2. The molecule has 2 aromatic heterocycles. The summed E-state index contributed by atoms with van der Waals surface area (Å²) in [6, 6.07) is 6.80. The molecule has 3 heterocycles. The largest absolute Gasteiger partial charge is 0.380 e. The number of imidazole rings is 1. The Labute approximate surface area is 179 Å². The summed E-state index contributed by atoms with van der Waals surface area (Å²) in [6.07, 6.45) is 5.81. The molecular formula is C22H22FN7O. The fraction of sp³-hybridized carbons (Fsp3) is 0.318. The number of nitrogens with one attached hydrogen (secondary N) is 1. The number of hydrogen-bond donors (Lipinski definition) is 1. The second-order valence-corrected chi connectivity index (χ2v) is 7.22. The molecule has 3 rings (SSSR count). The predicted molar refractivity (Wildman–Crippen MR) is 113 cm³/mol. The first-order valence-corrected chi connectivity index (χ1v) is 9.81. The maximum Gasteiger partial charge on any atom is 0.236 e. The number of hydrogen-bond acceptors (Lipinski definition) is 6. The number of allylic oxidation sites excluding steroid dienone is 1. The first-order chi connectivity index (χ1) is 14.9. The van der Waals surface area contributed by atoms with Gasteiger partial charge in [-0.25, -0.2) is 9.37 Å². The van der Waals surface area contributed by atoms with Crippen LogP contribution in [0.15, 0.2) is 53.6 Å². The van der Waals surface area contributed by atoms with Crippen LogP contribution in [0.1, 0.15) is 31.9 Å². The Kier molecular flexibility index (Phi) is 6.78. The summed E-state index contributed by atoms with van der Waals surface area (Å²) in [6.45, 7) is 6.75. The van der Waals surface area contributed by atoms with Gasteiger partial charge in [0.25, 0.3) is 0 Å². The van der Waals surface area contributed by atoms with Gasteiger partial charge in [0.05, 0.1) is 29.2 Å². The number of pyridine rings is 1. The Morgan fingerprint density at radius 3 is 3.03 bits per heavy atom. The summed E-state index contributed by atoms with van der Waals surface area (Å²) < 4.78 is 15.2. The smallest absolute Gasteiger partial charge is 0.236 e. The summed E-state index contributed by atoms with van der Waals surface area (Å²) in [5, 5.41) is 21.4. The van der Waals surface area contributed by atoms with Gasteiger partial charge in [0.1, 0.15) is 24.0 Å². The average Bonchev–Trinajstić information content (AvgIpc) is 3.17. The zero-order chi connectivity index (χ0) is 22.4. The van der Waals surface area contributed by atoms with E-state index in [4.69, 9.17) is 5.26 Å². The van der Waals surface area contributed by atoms with E-state index in [0.29, 0.717) is 35.8 Å².